The molecule has 0 fully saturated rings. The van der Waals surface area contributed by atoms with Gasteiger partial charge >= 0.3 is 12.4 Å². The van der Waals surface area contributed by atoms with E-state index in [1.165, 1.54) is 0 Å². The second-order valence-corrected chi connectivity index (χ2v) is 6.96. The minimum Gasteiger partial charge on any atom is -0.369 e. The van der Waals surface area contributed by atoms with E-state index in [9.17, 15) is 31.4 Å². The predicted octanol–water partition coefficient (Wildman–Crippen LogP) is 4.91. The number of thiazole rings is 1. The van der Waals surface area contributed by atoms with E-state index in [1.54, 1.807) is 24.3 Å². The molecule has 2 aromatic rings. The highest BCUT2D eigenvalue weighted by atomic mass is 32.2. The highest BCUT2D eigenvalue weighted by molar-refractivity contribution is 8.01. The first-order valence-corrected chi connectivity index (χ1v) is 7.65. The first-order valence-electron chi connectivity index (χ1n) is 6.02. The number of hydrogen-bond donors (Lipinski definition) is 1. The molecule has 0 aliphatic carbocycles. The maximum absolute atomic E-state index is 12.8. The molecule has 126 valence electrons. The summed E-state index contributed by atoms with van der Waals surface area (Å²) in [7, 11) is 0. The molecule has 1 aromatic carbocycles. The molecule has 2 rings (SSSR count). The number of aromatic nitrogens is 1. The second-order valence-electron chi connectivity index (χ2n) is 4.61. The van der Waals surface area contributed by atoms with Crippen molar-refractivity contribution in [2.75, 3.05) is 0 Å². The zero-order chi connectivity index (χ0) is 17.5. The van der Waals surface area contributed by atoms with E-state index in [0.717, 1.165) is 17.3 Å². The number of hydrogen-bond acceptors (Lipinski definition) is 4. The lowest BCUT2D eigenvalue weighted by Gasteiger charge is -2.30. The van der Waals surface area contributed by atoms with Gasteiger partial charge in [-0.1, -0.05) is 29.5 Å². The van der Waals surface area contributed by atoms with Gasteiger partial charge in [0.25, 0.3) is 5.60 Å². The van der Waals surface area contributed by atoms with Crippen molar-refractivity contribution in [2.24, 2.45) is 0 Å². The van der Waals surface area contributed by atoms with Crippen LogP contribution in [-0.2, 0) is 5.60 Å². The topological polar surface area (TPSA) is 33.1 Å². The third-order valence-electron chi connectivity index (χ3n) is 2.89. The Hall–Kier alpha value is -1.26. The van der Waals surface area contributed by atoms with Crippen LogP contribution in [0.2, 0.25) is 0 Å². The Morgan fingerprint density at radius 1 is 1.00 bits per heavy atom. The van der Waals surface area contributed by atoms with Crippen LogP contribution in [0.1, 0.15) is 10.4 Å². The van der Waals surface area contributed by atoms with E-state index >= 15 is 0 Å². The van der Waals surface area contributed by atoms with Gasteiger partial charge in [-0.15, -0.1) is 11.3 Å². The molecule has 1 heterocycles. The quantitative estimate of drug-likeness (QED) is 0.776. The minimum atomic E-state index is -5.90. The van der Waals surface area contributed by atoms with E-state index < -0.39 is 22.8 Å². The van der Waals surface area contributed by atoms with Crippen LogP contribution in [0.4, 0.5) is 26.3 Å². The number of benzene rings is 1. The van der Waals surface area contributed by atoms with Gasteiger partial charge in [0.2, 0.25) is 0 Å². The molecule has 10 heteroatoms. The lowest BCUT2D eigenvalue weighted by molar-refractivity contribution is -0.375. The Kier molecular flexibility index (Phi) is 4.71. The zero-order valence-corrected chi connectivity index (χ0v) is 13.0. The molecule has 0 amide bonds. The molecule has 0 radical (unpaired) electrons. The molecule has 0 atom stereocenters. The van der Waals surface area contributed by atoms with Crippen molar-refractivity contribution in [3.8, 4) is 0 Å². The van der Waals surface area contributed by atoms with Crippen LogP contribution in [0.3, 0.4) is 0 Å². The predicted molar refractivity (Wildman–Crippen MR) is 73.4 cm³/mol. The average Bonchev–Trinajstić information content (AvgIpc) is 2.86. The Bertz CT molecular complexity index is 663. The van der Waals surface area contributed by atoms with Crippen molar-refractivity contribution in [1.29, 1.82) is 0 Å². The van der Waals surface area contributed by atoms with Crippen LogP contribution >= 0.6 is 23.1 Å². The molecular weight excluding hydrogens is 364 g/mol. The summed E-state index contributed by atoms with van der Waals surface area (Å²) in [6, 6.07) is 6.83. The van der Waals surface area contributed by atoms with Crippen LogP contribution in [0.15, 0.2) is 39.7 Å². The van der Waals surface area contributed by atoms with Gasteiger partial charge < -0.3 is 5.11 Å². The number of aryl methyl sites for hydroxylation is 1. The molecule has 0 aliphatic rings. The Morgan fingerprint density at radius 2 is 1.52 bits per heavy atom. The molecule has 2 nitrogen and oxygen atoms in total. The number of nitrogens with zero attached hydrogens (tertiary/aromatic N) is 1. The van der Waals surface area contributed by atoms with Gasteiger partial charge in [-0.25, -0.2) is 4.98 Å². The van der Waals surface area contributed by atoms with Gasteiger partial charge in [0, 0.05) is 11.1 Å². The lowest BCUT2D eigenvalue weighted by atomic mass is 10.0. The maximum atomic E-state index is 12.8. The van der Waals surface area contributed by atoms with Crippen LogP contribution in [-0.4, -0.2) is 22.4 Å². The van der Waals surface area contributed by atoms with Gasteiger partial charge in [0.15, 0.2) is 4.34 Å². The average molecular weight is 373 g/mol. The smallest absolute Gasteiger partial charge is 0.369 e. The summed E-state index contributed by atoms with van der Waals surface area (Å²) >= 11 is 1.07. The van der Waals surface area contributed by atoms with Crippen LogP contribution in [0.5, 0.6) is 0 Å². The van der Waals surface area contributed by atoms with Crippen molar-refractivity contribution in [2.45, 2.75) is 34.1 Å². The van der Waals surface area contributed by atoms with E-state index in [4.69, 9.17) is 0 Å². The van der Waals surface area contributed by atoms with Crippen molar-refractivity contribution < 1.29 is 31.4 Å². The first-order chi connectivity index (χ1) is 10.4. The summed E-state index contributed by atoms with van der Waals surface area (Å²) in [5, 5.41) is 9.28. The van der Waals surface area contributed by atoms with Gasteiger partial charge in [0.05, 0.1) is 4.88 Å². The number of aliphatic hydroxyl groups is 1. The van der Waals surface area contributed by atoms with E-state index in [0.29, 0.717) is 11.1 Å². The fraction of sp³-hybridized carbons (Fsp3) is 0.308. The van der Waals surface area contributed by atoms with Crippen LogP contribution in [0, 0.1) is 6.92 Å². The third kappa shape index (κ3) is 3.48. The molecular formula is C13H9F6NOS2. The summed E-state index contributed by atoms with van der Waals surface area (Å²) < 4.78 is 76.6. The summed E-state index contributed by atoms with van der Waals surface area (Å²) in [6.07, 6.45) is -11.4. The minimum absolute atomic E-state index is 0.0317. The van der Waals surface area contributed by atoms with Crippen molar-refractivity contribution in [3.05, 3.63) is 40.9 Å². The molecule has 0 spiro atoms. The molecule has 0 bridgehead atoms. The normalized spacial score (nSPS) is 13.4. The fourth-order valence-corrected chi connectivity index (χ4v) is 3.70. The Labute approximate surface area is 135 Å². The fourth-order valence-electron chi connectivity index (χ4n) is 1.62. The molecule has 0 saturated carbocycles. The van der Waals surface area contributed by atoms with Gasteiger partial charge in [-0.3, -0.25) is 0 Å². The van der Waals surface area contributed by atoms with Gasteiger partial charge in [-0.05, 0) is 19.1 Å². The molecule has 1 aromatic heterocycles. The monoisotopic (exact) mass is 373 g/mol. The van der Waals surface area contributed by atoms with Crippen molar-refractivity contribution in [3.63, 3.8) is 0 Å². The molecule has 23 heavy (non-hydrogen) atoms. The summed E-state index contributed by atoms with van der Waals surface area (Å²) in [6.45, 7) is 1.84. The largest absolute Gasteiger partial charge is 0.431 e. The second kappa shape index (κ2) is 5.99. The molecule has 0 saturated heterocycles. The zero-order valence-electron chi connectivity index (χ0n) is 11.4. The van der Waals surface area contributed by atoms with Crippen LogP contribution < -0.4 is 0 Å². The van der Waals surface area contributed by atoms with Crippen LogP contribution in [0.25, 0.3) is 0 Å². The van der Waals surface area contributed by atoms with Crippen molar-refractivity contribution in [1.82, 2.24) is 4.98 Å². The lowest BCUT2D eigenvalue weighted by Crippen LogP contribution is -2.53. The first kappa shape index (κ1) is 18.1. The number of alkyl halides is 6. The van der Waals surface area contributed by atoms with E-state index in [-0.39, 0.29) is 15.7 Å². The molecule has 0 unspecified atom stereocenters. The summed E-state index contributed by atoms with van der Waals surface area (Å²) in [5.41, 5.74) is -3.97. The van der Waals surface area contributed by atoms with E-state index in [2.05, 4.69) is 4.98 Å². The number of rotatable bonds is 3. The van der Waals surface area contributed by atoms with E-state index in [1.807, 2.05) is 6.92 Å². The maximum Gasteiger partial charge on any atom is 0.431 e. The number of halogens is 6. The Balaban J connectivity index is 2.34. The highest BCUT2D eigenvalue weighted by Gasteiger charge is 2.72. The summed E-state index contributed by atoms with van der Waals surface area (Å²) in [5.74, 6) is 0. The highest BCUT2D eigenvalue weighted by Crippen LogP contribution is 2.52. The summed E-state index contributed by atoms with van der Waals surface area (Å²) in [4.78, 5) is 2.85. The van der Waals surface area contributed by atoms with Gasteiger partial charge in [0.1, 0.15) is 0 Å². The van der Waals surface area contributed by atoms with Crippen molar-refractivity contribution >= 4 is 23.1 Å². The van der Waals surface area contributed by atoms with Gasteiger partial charge in [-0.2, -0.15) is 26.3 Å². The molecule has 1 N–H and O–H groups in total. The Morgan fingerprint density at radius 3 is 2.00 bits per heavy atom. The third-order valence-corrected chi connectivity index (χ3v) is 5.08. The molecule has 0 aliphatic heterocycles. The standard InChI is InChI=1S/C13H9F6NOS2/c1-7-2-4-8(5-3-7)22-10-20-6-9(23-10)11(21,12(14,15)16)13(17,18)19/h2-6,21H,1H3. The SMILES string of the molecule is Cc1ccc(Sc2ncc(C(O)(C(F)(F)F)C(F)(F)F)s2)cc1.